The molecule has 0 amide bonds. The van der Waals surface area contributed by atoms with E-state index >= 15 is 0 Å². The third kappa shape index (κ3) is 3.96. The number of hydrogen-bond acceptors (Lipinski definition) is 1. The van der Waals surface area contributed by atoms with Gasteiger partial charge in [0.15, 0.2) is 0 Å². The largest absolute Gasteiger partial charge is 0.324 e. The second kappa shape index (κ2) is 8.58. The molecule has 4 saturated heterocycles. The van der Waals surface area contributed by atoms with E-state index in [1.807, 2.05) is 6.07 Å². The summed E-state index contributed by atoms with van der Waals surface area (Å²) < 4.78 is 1.39. The van der Waals surface area contributed by atoms with Gasteiger partial charge in [0.2, 0.25) is 0 Å². The molecule has 1 atom stereocenters. The van der Waals surface area contributed by atoms with Gasteiger partial charge in [0.1, 0.15) is 0 Å². The van der Waals surface area contributed by atoms with Crippen LogP contribution in [0.2, 0.25) is 10.0 Å². The second-order valence-corrected chi connectivity index (χ2v) is 11.9. The van der Waals surface area contributed by atoms with E-state index in [0.717, 1.165) is 19.0 Å². The van der Waals surface area contributed by atoms with Gasteiger partial charge in [-0.15, -0.1) is 0 Å². The van der Waals surface area contributed by atoms with Crippen molar-refractivity contribution in [2.45, 2.75) is 76.0 Å². The Hall–Kier alpha value is -0.280. The molecule has 5 aliphatic rings. The van der Waals surface area contributed by atoms with Crippen LogP contribution in [-0.2, 0) is 5.41 Å². The van der Waals surface area contributed by atoms with Gasteiger partial charge in [-0.05, 0) is 61.3 Å². The van der Waals surface area contributed by atoms with Gasteiger partial charge in [-0.1, -0.05) is 48.5 Å². The Balaban J connectivity index is 1.29. The zero-order valence-corrected chi connectivity index (χ0v) is 20.0. The van der Waals surface area contributed by atoms with Crippen molar-refractivity contribution >= 4 is 23.2 Å². The summed E-state index contributed by atoms with van der Waals surface area (Å²) in [6, 6.07) is 6.39. The van der Waals surface area contributed by atoms with E-state index in [4.69, 9.17) is 23.2 Å². The molecule has 1 aliphatic carbocycles. The molecule has 0 radical (unpaired) electrons. The number of hydrogen-bond donors (Lipinski definition) is 1. The van der Waals surface area contributed by atoms with Crippen LogP contribution in [0.15, 0.2) is 18.2 Å². The quantitative estimate of drug-likeness (QED) is 0.500. The van der Waals surface area contributed by atoms with E-state index in [9.17, 15) is 0 Å². The second-order valence-electron chi connectivity index (χ2n) is 11.1. The van der Waals surface area contributed by atoms with Gasteiger partial charge < -0.3 is 9.80 Å². The first-order valence-electron chi connectivity index (χ1n) is 12.6. The van der Waals surface area contributed by atoms with Crippen LogP contribution < -0.4 is 5.32 Å². The number of nitrogens with zero attached hydrogens (tertiary/aromatic N) is 1. The van der Waals surface area contributed by atoms with E-state index in [1.165, 1.54) is 107 Å². The molecule has 4 aliphatic heterocycles. The lowest BCUT2D eigenvalue weighted by atomic mass is 9.59. The molecule has 30 heavy (non-hydrogen) atoms. The summed E-state index contributed by atoms with van der Waals surface area (Å²) in [5, 5.41) is 5.08. The van der Waals surface area contributed by atoms with Crippen LogP contribution in [0, 0.1) is 11.3 Å². The molecule has 1 saturated carbocycles. The number of nitrogens with one attached hydrogen (secondary N) is 1. The predicted molar refractivity (Wildman–Crippen MR) is 127 cm³/mol. The van der Waals surface area contributed by atoms with Crippen molar-refractivity contribution in [2.24, 2.45) is 11.3 Å². The Bertz CT molecular complexity index is 725. The monoisotopic (exact) mass is 449 g/mol. The fourth-order valence-electron chi connectivity index (χ4n) is 7.60. The molecule has 6 rings (SSSR count). The van der Waals surface area contributed by atoms with Crippen LogP contribution in [0.25, 0.3) is 0 Å². The Morgan fingerprint density at radius 2 is 1.63 bits per heavy atom. The van der Waals surface area contributed by atoms with Crippen LogP contribution >= 0.6 is 23.2 Å². The number of fused-ring (bicyclic) bond motifs is 3. The minimum atomic E-state index is 0.217. The van der Waals surface area contributed by atoms with Crippen LogP contribution in [0.4, 0.5) is 0 Å². The standard InChI is InChI=1S/C26H39Cl2N2/c27-23-8-7-22(19-24(23)28)26(9-4-14-29-20-26)13-18-30-15-10-25(11-16-30,12-17-30)21-5-2-1-3-6-21/h7-8,19,21,29H,1-6,9-18,20H2/q+1. The van der Waals surface area contributed by atoms with Crippen LogP contribution in [0.3, 0.4) is 0 Å². The zero-order chi connectivity index (χ0) is 20.7. The molecule has 2 nitrogen and oxygen atoms in total. The van der Waals surface area contributed by atoms with Crippen LogP contribution in [-0.4, -0.2) is 43.8 Å². The Morgan fingerprint density at radius 3 is 2.27 bits per heavy atom. The van der Waals surface area contributed by atoms with Gasteiger partial charge in [-0.2, -0.15) is 0 Å². The fourth-order valence-corrected chi connectivity index (χ4v) is 7.90. The lowest BCUT2D eigenvalue weighted by molar-refractivity contribution is -0.946. The normalized spacial score (nSPS) is 37.4. The van der Waals surface area contributed by atoms with Crippen molar-refractivity contribution < 1.29 is 4.48 Å². The minimum absolute atomic E-state index is 0.217. The van der Waals surface area contributed by atoms with E-state index in [-0.39, 0.29) is 5.41 Å². The average Bonchev–Trinajstić information content (AvgIpc) is 2.82. The fraction of sp³-hybridized carbons (Fsp3) is 0.769. The first-order chi connectivity index (χ1) is 14.6. The first-order valence-corrected chi connectivity index (χ1v) is 13.3. The van der Waals surface area contributed by atoms with E-state index in [0.29, 0.717) is 15.5 Å². The van der Waals surface area contributed by atoms with Crippen molar-refractivity contribution in [1.82, 2.24) is 5.32 Å². The highest BCUT2D eigenvalue weighted by Gasteiger charge is 2.52. The molecule has 2 bridgehead atoms. The van der Waals surface area contributed by atoms with Crippen molar-refractivity contribution in [3.63, 3.8) is 0 Å². The van der Waals surface area contributed by atoms with Crippen LogP contribution in [0.5, 0.6) is 0 Å². The van der Waals surface area contributed by atoms with Gasteiger partial charge in [0.25, 0.3) is 0 Å². The lowest BCUT2D eigenvalue weighted by Crippen LogP contribution is -2.64. The highest BCUT2D eigenvalue weighted by Crippen LogP contribution is 2.53. The lowest BCUT2D eigenvalue weighted by Gasteiger charge is -2.58. The molecule has 5 fully saturated rings. The molecule has 1 unspecified atom stereocenters. The summed E-state index contributed by atoms with van der Waals surface area (Å²) in [4.78, 5) is 0. The number of piperidine rings is 4. The van der Waals surface area contributed by atoms with Gasteiger partial charge >= 0.3 is 0 Å². The molecule has 1 N–H and O–H groups in total. The number of quaternary nitrogens is 1. The summed E-state index contributed by atoms with van der Waals surface area (Å²) in [6.45, 7) is 7.86. The molecule has 4 heterocycles. The maximum absolute atomic E-state index is 6.44. The maximum atomic E-state index is 6.44. The molecule has 1 aromatic rings. The number of halogens is 2. The predicted octanol–water partition coefficient (Wildman–Crippen LogP) is 6.59. The summed E-state index contributed by atoms with van der Waals surface area (Å²) in [7, 11) is 0. The number of rotatable bonds is 5. The maximum Gasteiger partial charge on any atom is 0.0795 e. The van der Waals surface area contributed by atoms with Gasteiger partial charge in [-0.25, -0.2) is 0 Å². The Labute approximate surface area is 193 Å². The zero-order valence-electron chi connectivity index (χ0n) is 18.5. The third-order valence-electron chi connectivity index (χ3n) is 9.79. The molecule has 166 valence electrons. The van der Waals surface area contributed by atoms with Crippen molar-refractivity contribution in [2.75, 3.05) is 39.3 Å². The molecule has 4 heteroatoms. The number of benzene rings is 1. The molecular weight excluding hydrogens is 411 g/mol. The van der Waals surface area contributed by atoms with Crippen molar-refractivity contribution in [3.05, 3.63) is 33.8 Å². The summed E-state index contributed by atoms with van der Waals surface area (Å²) in [5.74, 6) is 1.04. The first kappa shape index (κ1) is 21.6. The molecule has 1 aromatic carbocycles. The highest BCUT2D eigenvalue weighted by molar-refractivity contribution is 6.42. The SMILES string of the molecule is Clc1ccc(C2(CC[N+]34CCC(C5CCCCC5)(CC3)CC4)CCCNC2)cc1Cl. The van der Waals surface area contributed by atoms with Crippen LogP contribution in [0.1, 0.15) is 76.2 Å². The van der Waals surface area contributed by atoms with Crippen molar-refractivity contribution in [3.8, 4) is 0 Å². The van der Waals surface area contributed by atoms with E-state index in [1.54, 1.807) is 0 Å². The minimum Gasteiger partial charge on any atom is -0.324 e. The van der Waals surface area contributed by atoms with Gasteiger partial charge in [-0.3, -0.25) is 0 Å². The van der Waals surface area contributed by atoms with E-state index in [2.05, 4.69) is 17.4 Å². The average molecular weight is 451 g/mol. The highest BCUT2D eigenvalue weighted by atomic mass is 35.5. The summed E-state index contributed by atoms with van der Waals surface area (Å²) in [6.07, 6.45) is 15.8. The Morgan fingerprint density at radius 1 is 0.900 bits per heavy atom. The molecule has 0 spiro atoms. The smallest absolute Gasteiger partial charge is 0.0795 e. The topological polar surface area (TPSA) is 12.0 Å². The van der Waals surface area contributed by atoms with Crippen molar-refractivity contribution in [1.29, 1.82) is 0 Å². The third-order valence-corrected chi connectivity index (χ3v) is 10.5. The molecule has 0 aromatic heterocycles. The van der Waals surface area contributed by atoms with E-state index < -0.39 is 0 Å². The molecular formula is C26H39Cl2N2+. The Kier molecular flexibility index (Phi) is 6.17. The summed E-state index contributed by atoms with van der Waals surface area (Å²) in [5.41, 5.74) is 2.33. The van der Waals surface area contributed by atoms with Gasteiger partial charge in [0, 0.05) is 37.6 Å². The van der Waals surface area contributed by atoms with Gasteiger partial charge in [0.05, 0.1) is 36.2 Å². The summed E-state index contributed by atoms with van der Waals surface area (Å²) >= 11 is 12.7.